The minimum atomic E-state index is -0.296. The Bertz CT molecular complexity index is 864. The number of aliphatic hydroxyl groups is 1. The molecule has 26 heavy (non-hydrogen) atoms. The fraction of sp³-hybridized carbons (Fsp3) is 0.316. The third-order valence-corrected chi connectivity index (χ3v) is 4.46. The molecule has 0 saturated carbocycles. The fourth-order valence-corrected chi connectivity index (χ4v) is 3.09. The summed E-state index contributed by atoms with van der Waals surface area (Å²) in [6.07, 6.45) is 3.68. The van der Waals surface area contributed by atoms with Crippen LogP contribution in [0, 0.1) is 5.82 Å². The Kier molecular flexibility index (Phi) is 4.62. The molecule has 0 radical (unpaired) electrons. The van der Waals surface area contributed by atoms with Gasteiger partial charge in [0.05, 0.1) is 11.7 Å². The minimum absolute atomic E-state index is 0.269. The zero-order valence-electron chi connectivity index (χ0n) is 14.2. The van der Waals surface area contributed by atoms with E-state index in [0.29, 0.717) is 24.7 Å². The Balaban J connectivity index is 1.46. The Morgan fingerprint density at radius 2 is 2.04 bits per heavy atom. The average molecular weight is 354 g/mol. The van der Waals surface area contributed by atoms with Crippen molar-refractivity contribution in [1.29, 1.82) is 0 Å². The number of β-amino-alcohol motifs (C(OH)–C–C–N with tert-alkyl or cyclic N) is 1. The lowest BCUT2D eigenvalue weighted by Gasteiger charge is -2.30. The van der Waals surface area contributed by atoms with Crippen LogP contribution in [-0.4, -0.2) is 39.4 Å². The first kappa shape index (κ1) is 16.7. The molecule has 3 heterocycles. The summed E-state index contributed by atoms with van der Waals surface area (Å²) in [4.78, 5) is 10.9. The summed E-state index contributed by atoms with van der Waals surface area (Å²) in [6, 6.07) is 10.0. The summed E-state index contributed by atoms with van der Waals surface area (Å²) in [5, 5.41) is 13.8. The molecule has 0 spiro atoms. The van der Waals surface area contributed by atoms with Gasteiger partial charge in [-0.25, -0.2) is 9.37 Å². The molecular weight excluding hydrogens is 335 g/mol. The largest absolute Gasteiger partial charge is 0.391 e. The molecule has 4 rings (SSSR count). The van der Waals surface area contributed by atoms with Crippen molar-refractivity contribution in [2.75, 3.05) is 18.0 Å². The number of benzene rings is 1. The molecule has 1 aliphatic heterocycles. The van der Waals surface area contributed by atoms with E-state index in [4.69, 9.17) is 4.52 Å². The van der Waals surface area contributed by atoms with E-state index in [9.17, 15) is 9.50 Å². The van der Waals surface area contributed by atoms with Gasteiger partial charge in [0.2, 0.25) is 0 Å². The molecule has 7 heteroatoms. The van der Waals surface area contributed by atoms with E-state index >= 15 is 0 Å². The molecule has 0 aliphatic carbocycles. The van der Waals surface area contributed by atoms with Crippen LogP contribution in [0.5, 0.6) is 0 Å². The Labute approximate surface area is 150 Å². The van der Waals surface area contributed by atoms with Gasteiger partial charge in [0.1, 0.15) is 11.6 Å². The van der Waals surface area contributed by atoms with E-state index in [-0.39, 0.29) is 11.9 Å². The van der Waals surface area contributed by atoms with Gasteiger partial charge in [-0.05, 0) is 42.7 Å². The first-order chi connectivity index (χ1) is 12.7. The second-order valence-electron chi connectivity index (χ2n) is 6.47. The van der Waals surface area contributed by atoms with Crippen molar-refractivity contribution in [3.05, 3.63) is 59.8 Å². The molecule has 3 aromatic rings. The van der Waals surface area contributed by atoms with Crippen molar-refractivity contribution in [1.82, 2.24) is 15.1 Å². The minimum Gasteiger partial charge on any atom is -0.391 e. The van der Waals surface area contributed by atoms with Crippen molar-refractivity contribution in [3.8, 4) is 11.5 Å². The Hall–Kier alpha value is -2.80. The van der Waals surface area contributed by atoms with Crippen molar-refractivity contribution in [2.24, 2.45) is 0 Å². The van der Waals surface area contributed by atoms with Crippen LogP contribution in [-0.2, 0) is 6.42 Å². The predicted octanol–water partition coefficient (Wildman–Crippen LogP) is 2.82. The summed E-state index contributed by atoms with van der Waals surface area (Å²) in [7, 11) is 0. The summed E-state index contributed by atoms with van der Waals surface area (Å²) in [5.74, 6) is 1.50. The molecule has 1 unspecified atom stereocenters. The number of hydrogen-bond acceptors (Lipinski definition) is 6. The van der Waals surface area contributed by atoms with Crippen molar-refractivity contribution >= 4 is 5.82 Å². The van der Waals surface area contributed by atoms with Crippen LogP contribution < -0.4 is 4.90 Å². The van der Waals surface area contributed by atoms with E-state index in [0.717, 1.165) is 36.3 Å². The number of anilines is 1. The van der Waals surface area contributed by atoms with Crippen molar-refractivity contribution in [2.45, 2.75) is 25.4 Å². The second kappa shape index (κ2) is 7.21. The molecule has 2 aromatic heterocycles. The van der Waals surface area contributed by atoms with Gasteiger partial charge in [0.25, 0.3) is 5.89 Å². The summed E-state index contributed by atoms with van der Waals surface area (Å²) >= 11 is 0. The molecule has 1 aromatic carbocycles. The summed E-state index contributed by atoms with van der Waals surface area (Å²) in [5.41, 5.74) is 1.65. The SMILES string of the molecule is OC1CCCN(c2ccc(-c3nc(Cc4ccc(F)cc4)no3)cn2)C1. The highest BCUT2D eigenvalue weighted by Gasteiger charge is 2.19. The normalized spacial score (nSPS) is 17.5. The maximum Gasteiger partial charge on any atom is 0.259 e. The van der Waals surface area contributed by atoms with Crippen LogP contribution in [0.1, 0.15) is 24.2 Å². The quantitative estimate of drug-likeness (QED) is 0.776. The van der Waals surface area contributed by atoms with Crippen LogP contribution in [0.25, 0.3) is 11.5 Å². The standard InChI is InChI=1S/C19H19FN4O2/c20-15-6-3-13(4-7-15)10-17-22-19(26-23-17)14-5-8-18(21-11-14)24-9-1-2-16(25)12-24/h3-8,11,16,25H,1-2,9-10,12H2. The lowest BCUT2D eigenvalue weighted by atomic mass is 10.1. The van der Waals surface area contributed by atoms with E-state index in [2.05, 4.69) is 20.0 Å². The molecule has 0 amide bonds. The van der Waals surface area contributed by atoms with Crippen molar-refractivity contribution in [3.63, 3.8) is 0 Å². The fourth-order valence-electron chi connectivity index (χ4n) is 3.09. The second-order valence-corrected chi connectivity index (χ2v) is 6.47. The Morgan fingerprint density at radius 1 is 1.19 bits per heavy atom. The molecular formula is C19H19FN4O2. The molecule has 1 aliphatic rings. The first-order valence-electron chi connectivity index (χ1n) is 8.64. The first-order valence-corrected chi connectivity index (χ1v) is 8.64. The highest BCUT2D eigenvalue weighted by Crippen LogP contribution is 2.22. The number of aromatic nitrogens is 3. The molecule has 134 valence electrons. The van der Waals surface area contributed by atoms with E-state index in [1.807, 2.05) is 12.1 Å². The molecule has 6 nitrogen and oxygen atoms in total. The van der Waals surface area contributed by atoms with E-state index in [1.165, 1.54) is 12.1 Å². The maximum atomic E-state index is 13.0. The van der Waals surface area contributed by atoms with Crippen LogP contribution in [0.3, 0.4) is 0 Å². The van der Waals surface area contributed by atoms with Gasteiger partial charge in [-0.1, -0.05) is 17.3 Å². The number of hydrogen-bond donors (Lipinski definition) is 1. The summed E-state index contributed by atoms with van der Waals surface area (Å²) < 4.78 is 18.3. The number of rotatable bonds is 4. The zero-order valence-corrected chi connectivity index (χ0v) is 14.2. The lowest BCUT2D eigenvalue weighted by molar-refractivity contribution is 0.154. The zero-order chi connectivity index (χ0) is 17.9. The Morgan fingerprint density at radius 3 is 2.77 bits per heavy atom. The summed E-state index contributed by atoms with van der Waals surface area (Å²) in [6.45, 7) is 1.50. The van der Waals surface area contributed by atoms with Gasteiger partial charge in [-0.2, -0.15) is 4.98 Å². The van der Waals surface area contributed by atoms with Gasteiger partial charge in [0.15, 0.2) is 5.82 Å². The average Bonchev–Trinajstić information content (AvgIpc) is 3.12. The van der Waals surface area contributed by atoms with Gasteiger partial charge < -0.3 is 14.5 Å². The molecule has 1 saturated heterocycles. The smallest absolute Gasteiger partial charge is 0.259 e. The number of pyridine rings is 1. The highest BCUT2D eigenvalue weighted by molar-refractivity contribution is 5.54. The van der Waals surface area contributed by atoms with E-state index < -0.39 is 0 Å². The molecule has 1 atom stereocenters. The van der Waals surface area contributed by atoms with Gasteiger partial charge in [-0.3, -0.25) is 0 Å². The number of piperidine rings is 1. The highest BCUT2D eigenvalue weighted by atomic mass is 19.1. The number of aliphatic hydroxyl groups excluding tert-OH is 1. The van der Waals surface area contributed by atoms with E-state index in [1.54, 1.807) is 18.3 Å². The third kappa shape index (κ3) is 3.72. The van der Waals surface area contributed by atoms with Crippen LogP contribution in [0.15, 0.2) is 47.1 Å². The molecule has 1 N–H and O–H groups in total. The lowest BCUT2D eigenvalue weighted by Crippen LogP contribution is -2.38. The van der Waals surface area contributed by atoms with Gasteiger partial charge in [-0.15, -0.1) is 0 Å². The van der Waals surface area contributed by atoms with Crippen LogP contribution in [0.2, 0.25) is 0 Å². The number of nitrogens with zero attached hydrogens (tertiary/aromatic N) is 4. The maximum absolute atomic E-state index is 13.0. The van der Waals surface area contributed by atoms with Crippen LogP contribution >= 0.6 is 0 Å². The number of halogens is 1. The van der Waals surface area contributed by atoms with Crippen molar-refractivity contribution < 1.29 is 14.0 Å². The van der Waals surface area contributed by atoms with Crippen LogP contribution in [0.4, 0.5) is 10.2 Å². The monoisotopic (exact) mass is 354 g/mol. The van der Waals surface area contributed by atoms with Gasteiger partial charge in [0, 0.05) is 25.7 Å². The predicted molar refractivity (Wildman–Crippen MR) is 94.2 cm³/mol. The molecule has 1 fully saturated rings. The third-order valence-electron chi connectivity index (χ3n) is 4.46. The molecule has 0 bridgehead atoms. The topological polar surface area (TPSA) is 75.3 Å². The van der Waals surface area contributed by atoms with Gasteiger partial charge >= 0.3 is 0 Å².